The molecule has 8 nitrogen and oxygen atoms in total. The Morgan fingerprint density at radius 2 is 2.07 bits per heavy atom. The van der Waals surface area contributed by atoms with Gasteiger partial charge in [0.2, 0.25) is 5.95 Å². The van der Waals surface area contributed by atoms with Gasteiger partial charge in [0.15, 0.2) is 0 Å². The quantitative estimate of drug-likeness (QED) is 0.641. The molecule has 0 bridgehead atoms. The summed E-state index contributed by atoms with van der Waals surface area (Å²) in [6, 6.07) is 7.58. The van der Waals surface area contributed by atoms with Crippen LogP contribution in [0.2, 0.25) is 0 Å². The number of anilines is 3. The molecule has 2 aromatic heterocycles. The fourth-order valence-corrected chi connectivity index (χ4v) is 3.50. The summed E-state index contributed by atoms with van der Waals surface area (Å²) < 4.78 is 5.91. The predicted molar refractivity (Wildman–Crippen MR) is 114 cm³/mol. The number of nitrogens with one attached hydrogen (secondary N) is 1. The number of carboxylic acids is 1. The van der Waals surface area contributed by atoms with Crippen molar-refractivity contribution in [2.24, 2.45) is 0 Å². The van der Waals surface area contributed by atoms with Crippen molar-refractivity contribution in [1.29, 1.82) is 0 Å². The van der Waals surface area contributed by atoms with Crippen LogP contribution in [-0.2, 0) is 0 Å². The van der Waals surface area contributed by atoms with Crippen molar-refractivity contribution in [1.82, 2.24) is 15.0 Å². The van der Waals surface area contributed by atoms with Crippen molar-refractivity contribution in [3.8, 4) is 5.75 Å². The summed E-state index contributed by atoms with van der Waals surface area (Å²) in [6.45, 7) is 3.15. The lowest BCUT2D eigenvalue weighted by atomic mass is 9.92. The van der Waals surface area contributed by atoms with Crippen molar-refractivity contribution in [2.75, 3.05) is 30.4 Å². The fourth-order valence-electron chi connectivity index (χ4n) is 3.50. The number of pyridine rings is 1. The first-order valence-corrected chi connectivity index (χ1v) is 9.73. The van der Waals surface area contributed by atoms with Gasteiger partial charge in [0.1, 0.15) is 5.75 Å². The molecule has 154 valence electrons. The lowest BCUT2D eigenvalue weighted by molar-refractivity contribution is 0.0697. The highest BCUT2D eigenvalue weighted by molar-refractivity contribution is 5.93. The van der Waals surface area contributed by atoms with Crippen molar-refractivity contribution in [3.05, 3.63) is 65.7 Å². The molecule has 3 heterocycles. The number of aromatic carboxylic acids is 1. The van der Waals surface area contributed by atoms with Crippen LogP contribution in [0.3, 0.4) is 0 Å². The van der Waals surface area contributed by atoms with Gasteiger partial charge in [-0.3, -0.25) is 4.98 Å². The molecule has 0 unspecified atom stereocenters. The molecule has 1 atom stereocenters. The number of nitrogens with zero attached hydrogens (tertiary/aromatic N) is 4. The molecule has 2 N–H and O–H groups in total. The first kappa shape index (κ1) is 19.6. The second-order valence-electron chi connectivity index (χ2n) is 7.28. The number of benzene rings is 1. The SMILES string of the molecule is Cc1cnc(N(C)c2ccc3c(c2)OCC[C@H]3CNc2cnccc2C(=O)O)nc1. The highest BCUT2D eigenvalue weighted by Crippen LogP contribution is 2.37. The number of carboxylic acid groups (broad SMARTS) is 1. The minimum absolute atomic E-state index is 0.200. The van der Waals surface area contributed by atoms with Gasteiger partial charge in [-0.1, -0.05) is 6.07 Å². The summed E-state index contributed by atoms with van der Waals surface area (Å²) >= 11 is 0. The topological polar surface area (TPSA) is 100 Å². The van der Waals surface area contributed by atoms with Crippen LogP contribution in [0.1, 0.15) is 33.8 Å². The highest BCUT2D eigenvalue weighted by atomic mass is 16.5. The average molecular weight is 405 g/mol. The van der Waals surface area contributed by atoms with Gasteiger partial charge in [0.25, 0.3) is 0 Å². The zero-order valence-corrected chi connectivity index (χ0v) is 16.9. The van der Waals surface area contributed by atoms with Gasteiger partial charge in [-0.2, -0.15) is 0 Å². The Kier molecular flexibility index (Phi) is 5.47. The van der Waals surface area contributed by atoms with E-state index in [0.29, 0.717) is 24.8 Å². The Labute approximate surface area is 174 Å². The minimum atomic E-state index is -0.974. The van der Waals surface area contributed by atoms with Gasteiger partial charge >= 0.3 is 5.97 Å². The summed E-state index contributed by atoms with van der Waals surface area (Å²) in [5, 5.41) is 12.6. The molecular weight excluding hydrogens is 382 g/mol. The lowest BCUT2D eigenvalue weighted by Gasteiger charge is -2.28. The van der Waals surface area contributed by atoms with Crippen molar-refractivity contribution in [3.63, 3.8) is 0 Å². The number of rotatable bonds is 6. The van der Waals surface area contributed by atoms with Gasteiger partial charge < -0.3 is 20.1 Å². The van der Waals surface area contributed by atoms with Crippen molar-refractivity contribution in [2.45, 2.75) is 19.3 Å². The molecule has 1 aliphatic heterocycles. The van der Waals surface area contributed by atoms with Crippen LogP contribution in [-0.4, -0.2) is 46.2 Å². The maximum absolute atomic E-state index is 11.4. The smallest absolute Gasteiger partial charge is 0.337 e. The number of hydrogen-bond donors (Lipinski definition) is 2. The fraction of sp³-hybridized carbons (Fsp3) is 0.273. The molecule has 1 aliphatic rings. The Bertz CT molecular complexity index is 1050. The number of fused-ring (bicyclic) bond motifs is 1. The molecule has 0 radical (unpaired) electrons. The second-order valence-corrected chi connectivity index (χ2v) is 7.28. The number of aromatic nitrogens is 3. The molecule has 0 saturated heterocycles. The number of ether oxygens (including phenoxy) is 1. The molecule has 30 heavy (non-hydrogen) atoms. The molecular formula is C22H23N5O3. The molecule has 0 spiro atoms. The van der Waals surface area contributed by atoms with Gasteiger partial charge in [-0.15, -0.1) is 0 Å². The van der Waals surface area contributed by atoms with Crippen LogP contribution in [0.5, 0.6) is 5.75 Å². The van der Waals surface area contributed by atoms with E-state index in [2.05, 4.69) is 26.3 Å². The first-order valence-electron chi connectivity index (χ1n) is 9.73. The third-order valence-electron chi connectivity index (χ3n) is 5.21. The van der Waals surface area contributed by atoms with Crippen LogP contribution in [0.4, 0.5) is 17.3 Å². The predicted octanol–water partition coefficient (Wildman–Crippen LogP) is 3.62. The summed E-state index contributed by atoms with van der Waals surface area (Å²) in [5.41, 5.74) is 3.78. The molecule has 4 rings (SSSR count). The average Bonchev–Trinajstić information content (AvgIpc) is 2.77. The Hall–Kier alpha value is -3.68. The molecule has 0 saturated carbocycles. The monoisotopic (exact) mass is 405 g/mol. The number of carbonyl (C=O) groups is 1. The minimum Gasteiger partial charge on any atom is -0.493 e. The summed E-state index contributed by atoms with van der Waals surface area (Å²) in [4.78, 5) is 26.1. The molecule has 0 amide bonds. The van der Waals surface area contributed by atoms with Crippen molar-refractivity contribution >= 4 is 23.3 Å². The van der Waals surface area contributed by atoms with E-state index < -0.39 is 5.97 Å². The molecule has 3 aromatic rings. The highest BCUT2D eigenvalue weighted by Gasteiger charge is 2.23. The maximum atomic E-state index is 11.4. The molecule has 8 heteroatoms. The van der Waals surface area contributed by atoms with Crippen LogP contribution in [0, 0.1) is 6.92 Å². The van der Waals surface area contributed by atoms with Crippen molar-refractivity contribution < 1.29 is 14.6 Å². The standard InChI is InChI=1S/C22H23N5O3/c1-14-10-25-22(26-11-14)27(2)16-3-4-17-15(6-8-30-20(17)9-16)12-24-19-13-23-7-5-18(19)21(28)29/h3-5,7,9-11,13,15,24H,6,8,12H2,1-2H3,(H,28,29)/t15-/m0/s1. The van der Waals surface area contributed by atoms with Crippen LogP contribution in [0.15, 0.2) is 49.1 Å². The van der Waals surface area contributed by atoms with E-state index in [1.54, 1.807) is 18.6 Å². The van der Waals surface area contributed by atoms with Gasteiger partial charge in [-0.25, -0.2) is 14.8 Å². The van der Waals surface area contributed by atoms with Gasteiger partial charge in [0.05, 0.1) is 24.1 Å². The zero-order valence-electron chi connectivity index (χ0n) is 16.9. The number of hydrogen-bond acceptors (Lipinski definition) is 7. The third kappa shape index (κ3) is 4.03. The lowest BCUT2D eigenvalue weighted by Crippen LogP contribution is -2.22. The van der Waals surface area contributed by atoms with E-state index >= 15 is 0 Å². The molecule has 0 aliphatic carbocycles. The van der Waals surface area contributed by atoms with Crippen LogP contribution < -0.4 is 15.0 Å². The third-order valence-corrected chi connectivity index (χ3v) is 5.21. The Balaban J connectivity index is 1.52. The summed E-state index contributed by atoms with van der Waals surface area (Å²) in [7, 11) is 1.92. The normalized spacial score (nSPS) is 15.1. The number of aryl methyl sites for hydroxylation is 1. The first-order chi connectivity index (χ1) is 14.5. The Morgan fingerprint density at radius 1 is 1.27 bits per heavy atom. The maximum Gasteiger partial charge on any atom is 0.337 e. The molecule has 1 aromatic carbocycles. The largest absolute Gasteiger partial charge is 0.493 e. The summed E-state index contributed by atoms with van der Waals surface area (Å²) in [6.07, 6.45) is 7.45. The van der Waals surface area contributed by atoms with Gasteiger partial charge in [0, 0.05) is 49.9 Å². The second kappa shape index (κ2) is 8.36. The van der Waals surface area contributed by atoms with E-state index in [0.717, 1.165) is 29.0 Å². The van der Waals surface area contributed by atoms with E-state index in [1.165, 1.54) is 12.3 Å². The summed E-state index contributed by atoms with van der Waals surface area (Å²) in [5.74, 6) is 0.672. The van der Waals surface area contributed by atoms with E-state index in [4.69, 9.17) is 4.74 Å². The Morgan fingerprint density at radius 3 is 2.83 bits per heavy atom. The zero-order chi connectivity index (χ0) is 21.1. The van der Waals surface area contributed by atoms with E-state index in [-0.39, 0.29) is 11.5 Å². The van der Waals surface area contributed by atoms with E-state index in [1.807, 2.05) is 31.0 Å². The molecule has 0 fully saturated rings. The van der Waals surface area contributed by atoms with E-state index in [9.17, 15) is 9.90 Å². The van der Waals surface area contributed by atoms with Crippen LogP contribution in [0.25, 0.3) is 0 Å². The van der Waals surface area contributed by atoms with Gasteiger partial charge in [-0.05, 0) is 36.6 Å². The van der Waals surface area contributed by atoms with Crippen LogP contribution >= 0.6 is 0 Å².